The van der Waals surface area contributed by atoms with Crippen molar-refractivity contribution >= 4 is 0 Å². The van der Waals surface area contributed by atoms with Gasteiger partial charge in [0.2, 0.25) is 0 Å². The summed E-state index contributed by atoms with van der Waals surface area (Å²) in [6.45, 7) is 5.51. The normalized spacial score (nSPS) is 27.2. The van der Waals surface area contributed by atoms with Crippen molar-refractivity contribution in [3.63, 3.8) is 0 Å². The zero-order valence-electron chi connectivity index (χ0n) is 10.5. The number of aliphatic hydroxyl groups is 1. The Bertz CT molecular complexity index is 194. The van der Waals surface area contributed by atoms with Crippen LogP contribution in [0.2, 0.25) is 0 Å². The van der Waals surface area contributed by atoms with Gasteiger partial charge in [0.05, 0.1) is 5.60 Å². The maximum absolute atomic E-state index is 10.1. The molecule has 1 rings (SSSR count). The minimum Gasteiger partial charge on any atom is -0.388 e. The van der Waals surface area contributed by atoms with Crippen molar-refractivity contribution in [1.29, 1.82) is 0 Å². The van der Waals surface area contributed by atoms with Crippen molar-refractivity contribution < 1.29 is 5.11 Å². The SMILES string of the molecule is CN(C)CC(C)(O)CNC1CCN(C)C1. The van der Waals surface area contributed by atoms with Crippen LogP contribution >= 0.6 is 0 Å². The molecule has 0 aliphatic carbocycles. The Balaban J connectivity index is 2.23. The predicted octanol–water partition coefficient (Wildman–Crippen LogP) is -0.407. The highest BCUT2D eigenvalue weighted by Crippen LogP contribution is 2.08. The average Bonchev–Trinajstić information content (AvgIpc) is 2.46. The molecule has 0 amide bonds. The minimum absolute atomic E-state index is 0.545. The van der Waals surface area contributed by atoms with Crippen molar-refractivity contribution in [3.05, 3.63) is 0 Å². The fraction of sp³-hybridized carbons (Fsp3) is 1.00. The van der Waals surface area contributed by atoms with Gasteiger partial charge >= 0.3 is 0 Å². The molecule has 1 saturated heterocycles. The molecule has 0 bridgehead atoms. The van der Waals surface area contributed by atoms with Crippen LogP contribution in [-0.2, 0) is 0 Å². The highest BCUT2D eigenvalue weighted by Gasteiger charge is 2.25. The van der Waals surface area contributed by atoms with Crippen molar-refractivity contribution in [2.24, 2.45) is 0 Å². The molecule has 90 valence electrons. The quantitative estimate of drug-likeness (QED) is 0.654. The molecule has 0 aromatic rings. The summed E-state index contributed by atoms with van der Waals surface area (Å²) in [7, 11) is 6.11. The van der Waals surface area contributed by atoms with Gasteiger partial charge in [-0.2, -0.15) is 0 Å². The van der Waals surface area contributed by atoms with Crippen LogP contribution in [0.3, 0.4) is 0 Å². The Morgan fingerprint density at radius 1 is 1.53 bits per heavy atom. The highest BCUT2D eigenvalue weighted by atomic mass is 16.3. The molecule has 0 aromatic heterocycles. The average molecular weight is 215 g/mol. The first kappa shape index (κ1) is 12.9. The maximum Gasteiger partial charge on any atom is 0.0869 e. The third-order valence-electron chi connectivity index (χ3n) is 2.82. The van der Waals surface area contributed by atoms with Gasteiger partial charge in [-0.15, -0.1) is 0 Å². The predicted molar refractivity (Wildman–Crippen MR) is 63.1 cm³/mol. The summed E-state index contributed by atoms with van der Waals surface area (Å²) >= 11 is 0. The zero-order chi connectivity index (χ0) is 11.5. The lowest BCUT2D eigenvalue weighted by Crippen LogP contribution is -2.48. The van der Waals surface area contributed by atoms with Gasteiger partial charge < -0.3 is 20.2 Å². The Morgan fingerprint density at radius 2 is 2.20 bits per heavy atom. The summed E-state index contributed by atoms with van der Waals surface area (Å²) in [5, 5.41) is 13.5. The molecule has 0 aromatic carbocycles. The van der Waals surface area contributed by atoms with Gasteiger partial charge in [-0.1, -0.05) is 0 Å². The van der Waals surface area contributed by atoms with E-state index in [1.807, 2.05) is 25.9 Å². The summed E-state index contributed by atoms with van der Waals surface area (Å²) in [6, 6.07) is 0.545. The number of hydrogen-bond acceptors (Lipinski definition) is 4. The second-order valence-electron chi connectivity index (χ2n) is 5.36. The smallest absolute Gasteiger partial charge is 0.0869 e. The lowest BCUT2D eigenvalue weighted by Gasteiger charge is -2.28. The molecule has 2 unspecified atom stereocenters. The molecular weight excluding hydrogens is 190 g/mol. The largest absolute Gasteiger partial charge is 0.388 e. The van der Waals surface area contributed by atoms with Crippen molar-refractivity contribution in [2.75, 3.05) is 47.3 Å². The Morgan fingerprint density at radius 3 is 2.67 bits per heavy atom. The molecule has 2 atom stereocenters. The molecule has 1 heterocycles. The molecule has 0 spiro atoms. The second-order valence-corrected chi connectivity index (χ2v) is 5.36. The molecule has 0 radical (unpaired) electrons. The van der Waals surface area contributed by atoms with Crippen LogP contribution in [0.1, 0.15) is 13.3 Å². The molecule has 2 N–H and O–H groups in total. The van der Waals surface area contributed by atoms with E-state index in [2.05, 4.69) is 17.3 Å². The first-order valence-electron chi connectivity index (χ1n) is 5.68. The third-order valence-corrected chi connectivity index (χ3v) is 2.82. The number of nitrogens with zero attached hydrogens (tertiary/aromatic N) is 2. The Kier molecular flexibility index (Phi) is 4.52. The van der Waals surface area contributed by atoms with Crippen LogP contribution in [0.25, 0.3) is 0 Å². The lowest BCUT2D eigenvalue weighted by molar-refractivity contribution is 0.0316. The minimum atomic E-state index is -0.634. The summed E-state index contributed by atoms with van der Waals surface area (Å²) in [5.41, 5.74) is -0.634. The van der Waals surface area contributed by atoms with E-state index in [9.17, 15) is 5.11 Å². The van der Waals surface area contributed by atoms with E-state index >= 15 is 0 Å². The number of likely N-dealkylation sites (N-methyl/N-ethyl adjacent to an activating group) is 2. The second kappa shape index (κ2) is 5.25. The lowest BCUT2D eigenvalue weighted by atomic mass is 10.1. The topological polar surface area (TPSA) is 38.7 Å². The van der Waals surface area contributed by atoms with E-state index in [1.165, 1.54) is 6.42 Å². The standard InChI is InChI=1S/C11H25N3O/c1-11(15,9-13(2)3)8-12-10-5-6-14(4)7-10/h10,12,15H,5-9H2,1-4H3. The molecule has 4 nitrogen and oxygen atoms in total. The molecule has 4 heteroatoms. The maximum atomic E-state index is 10.1. The number of nitrogens with one attached hydrogen (secondary N) is 1. The number of likely N-dealkylation sites (tertiary alicyclic amines) is 1. The summed E-state index contributed by atoms with van der Waals surface area (Å²) < 4.78 is 0. The first-order valence-corrected chi connectivity index (χ1v) is 5.68. The van der Waals surface area contributed by atoms with Gasteiger partial charge in [0, 0.05) is 25.7 Å². The van der Waals surface area contributed by atoms with E-state index in [0.29, 0.717) is 19.1 Å². The van der Waals surface area contributed by atoms with E-state index in [-0.39, 0.29) is 0 Å². The van der Waals surface area contributed by atoms with Gasteiger partial charge in [-0.3, -0.25) is 0 Å². The van der Waals surface area contributed by atoms with Gasteiger partial charge in [-0.05, 0) is 41.0 Å². The van der Waals surface area contributed by atoms with Crippen LogP contribution < -0.4 is 5.32 Å². The van der Waals surface area contributed by atoms with E-state index < -0.39 is 5.60 Å². The van der Waals surface area contributed by atoms with Crippen LogP contribution in [-0.4, -0.2) is 73.9 Å². The van der Waals surface area contributed by atoms with Crippen molar-refractivity contribution in [1.82, 2.24) is 15.1 Å². The van der Waals surface area contributed by atoms with Crippen molar-refractivity contribution in [2.45, 2.75) is 25.0 Å². The van der Waals surface area contributed by atoms with Crippen LogP contribution in [0.4, 0.5) is 0 Å². The molecular formula is C11H25N3O. The fourth-order valence-corrected chi connectivity index (χ4v) is 2.20. The fourth-order valence-electron chi connectivity index (χ4n) is 2.20. The van der Waals surface area contributed by atoms with Crippen molar-refractivity contribution in [3.8, 4) is 0 Å². The van der Waals surface area contributed by atoms with Gasteiger partial charge in [0.15, 0.2) is 0 Å². The Labute approximate surface area is 93.2 Å². The summed E-state index contributed by atoms with van der Waals surface area (Å²) in [5.74, 6) is 0. The zero-order valence-corrected chi connectivity index (χ0v) is 10.5. The highest BCUT2D eigenvalue weighted by molar-refractivity contribution is 4.84. The molecule has 15 heavy (non-hydrogen) atoms. The molecule has 1 aliphatic rings. The third kappa shape index (κ3) is 4.93. The van der Waals surface area contributed by atoms with Gasteiger partial charge in [-0.25, -0.2) is 0 Å². The van der Waals surface area contributed by atoms with Crippen LogP contribution in [0.5, 0.6) is 0 Å². The monoisotopic (exact) mass is 215 g/mol. The van der Waals surface area contributed by atoms with Crippen LogP contribution in [0.15, 0.2) is 0 Å². The first-order chi connectivity index (χ1) is 6.89. The van der Waals surface area contributed by atoms with Gasteiger partial charge in [0.1, 0.15) is 0 Å². The molecule has 0 saturated carbocycles. The molecule has 1 aliphatic heterocycles. The summed E-state index contributed by atoms with van der Waals surface area (Å²) in [4.78, 5) is 4.33. The van der Waals surface area contributed by atoms with Crippen LogP contribution in [0, 0.1) is 0 Å². The molecule has 1 fully saturated rings. The van der Waals surface area contributed by atoms with E-state index in [0.717, 1.165) is 13.1 Å². The summed E-state index contributed by atoms with van der Waals surface area (Å²) in [6.07, 6.45) is 1.19. The Hall–Kier alpha value is -0.160. The van der Waals surface area contributed by atoms with E-state index in [1.54, 1.807) is 0 Å². The number of hydrogen-bond donors (Lipinski definition) is 2. The van der Waals surface area contributed by atoms with E-state index in [4.69, 9.17) is 0 Å². The van der Waals surface area contributed by atoms with Gasteiger partial charge in [0.25, 0.3) is 0 Å². The number of rotatable bonds is 5.